The van der Waals surface area contributed by atoms with Crippen LogP contribution in [0.15, 0.2) is 102 Å². The maximum atomic E-state index is 12.7. The van der Waals surface area contributed by atoms with Crippen LogP contribution in [0.2, 0.25) is 0 Å². The molecular weight excluding hydrogens is 496 g/mol. The molecule has 0 N–H and O–H groups in total. The predicted molar refractivity (Wildman–Crippen MR) is 137 cm³/mol. The lowest BCUT2D eigenvalue weighted by Crippen LogP contribution is -2.03. The Bertz CT molecular complexity index is 1920. The molecule has 0 aliphatic heterocycles. The third-order valence-corrected chi connectivity index (χ3v) is 8.42. The Balaban J connectivity index is 1.29. The van der Waals surface area contributed by atoms with Crippen LogP contribution in [0.3, 0.4) is 0 Å². The van der Waals surface area contributed by atoms with Crippen molar-refractivity contribution in [2.75, 3.05) is 0 Å². The number of nitrogens with zero attached hydrogens (tertiary/aromatic N) is 2. The van der Waals surface area contributed by atoms with Crippen molar-refractivity contribution in [1.29, 1.82) is 0 Å². The van der Waals surface area contributed by atoms with Crippen molar-refractivity contribution in [3.8, 4) is 11.3 Å². The molecule has 6 rings (SSSR count). The second kappa shape index (κ2) is 8.54. The summed E-state index contributed by atoms with van der Waals surface area (Å²) in [5, 5.41) is 9.07. The van der Waals surface area contributed by atoms with Gasteiger partial charge in [-0.25, -0.2) is 18.2 Å². The number of aromatic nitrogens is 2. The second-order valence-electron chi connectivity index (χ2n) is 8.37. The fraction of sp³-hybridized carbons (Fsp3) is 0.0741. The minimum atomic E-state index is -3.74. The lowest BCUT2D eigenvalue weighted by atomic mass is 10.0. The highest BCUT2D eigenvalue weighted by atomic mass is 32.2. The minimum absolute atomic E-state index is 0.112. The fourth-order valence-electron chi connectivity index (χ4n) is 4.12. The van der Waals surface area contributed by atoms with Crippen molar-refractivity contribution in [3.63, 3.8) is 0 Å². The van der Waals surface area contributed by atoms with E-state index in [0.717, 1.165) is 26.7 Å². The molecule has 9 heteroatoms. The van der Waals surface area contributed by atoms with E-state index in [2.05, 4.69) is 10.1 Å². The van der Waals surface area contributed by atoms with E-state index in [9.17, 15) is 13.2 Å². The Morgan fingerprint density at radius 3 is 2.53 bits per heavy atom. The number of aryl methyl sites for hydroxylation is 1. The molecule has 36 heavy (non-hydrogen) atoms. The molecule has 0 radical (unpaired) electrons. The molecule has 0 saturated carbocycles. The first-order valence-corrected chi connectivity index (χ1v) is 13.4. The van der Waals surface area contributed by atoms with Crippen molar-refractivity contribution in [3.05, 3.63) is 105 Å². The summed E-state index contributed by atoms with van der Waals surface area (Å²) >= 11 is 1.43. The Morgan fingerprint density at radius 2 is 1.75 bits per heavy atom. The van der Waals surface area contributed by atoms with E-state index >= 15 is 0 Å². The molecule has 7 nitrogen and oxygen atoms in total. The molecule has 0 amide bonds. The topological polar surface area (TPSA) is 103 Å². The largest absolute Gasteiger partial charge is 0.422 e. The van der Waals surface area contributed by atoms with Gasteiger partial charge in [0.15, 0.2) is 0 Å². The van der Waals surface area contributed by atoms with E-state index in [0.29, 0.717) is 29.0 Å². The van der Waals surface area contributed by atoms with Crippen molar-refractivity contribution >= 4 is 42.9 Å². The normalized spacial score (nSPS) is 11.9. The van der Waals surface area contributed by atoms with Gasteiger partial charge in [-0.1, -0.05) is 47.6 Å². The maximum absolute atomic E-state index is 12.7. The number of hydrogen-bond acceptors (Lipinski definition) is 8. The van der Waals surface area contributed by atoms with Gasteiger partial charge in [0.25, 0.3) is 0 Å². The van der Waals surface area contributed by atoms with E-state index in [1.807, 2.05) is 47.8 Å². The Labute approximate surface area is 209 Å². The van der Waals surface area contributed by atoms with Gasteiger partial charge in [0.2, 0.25) is 14.9 Å². The number of sulfone groups is 1. The lowest BCUT2D eigenvalue weighted by Gasteiger charge is -2.04. The highest BCUT2D eigenvalue weighted by molar-refractivity contribution is 7.91. The zero-order valence-electron chi connectivity index (χ0n) is 19.0. The fourth-order valence-corrected chi connectivity index (χ4v) is 6.14. The first-order chi connectivity index (χ1) is 17.4. The molecule has 0 aliphatic carbocycles. The first kappa shape index (κ1) is 22.4. The van der Waals surface area contributed by atoms with Crippen LogP contribution in [0, 0.1) is 6.92 Å². The van der Waals surface area contributed by atoms with Crippen LogP contribution >= 0.6 is 11.3 Å². The summed E-state index contributed by atoms with van der Waals surface area (Å²) in [6.07, 6.45) is 0.496. The Hall–Kier alpha value is -4.08. The molecule has 0 spiro atoms. The van der Waals surface area contributed by atoms with Crippen molar-refractivity contribution < 1.29 is 17.4 Å². The number of thiazole rings is 1. The van der Waals surface area contributed by atoms with Crippen LogP contribution in [0.25, 0.3) is 33.0 Å². The van der Waals surface area contributed by atoms with Crippen molar-refractivity contribution in [2.24, 2.45) is 0 Å². The SMILES string of the molecule is Cc1cc(S(=O)(=O)c2ccc(Cc3nc(-c4cc5c(ccc6ccccc65)oc4=O)cs3)cc2)no1. The van der Waals surface area contributed by atoms with Crippen LogP contribution in [-0.4, -0.2) is 18.6 Å². The molecule has 3 aromatic carbocycles. The zero-order valence-corrected chi connectivity index (χ0v) is 20.6. The molecule has 0 unspecified atom stereocenters. The standard InChI is InChI=1S/C27H18N2O5S2/c1-16-12-26(29-34-16)36(31,32)19-9-6-17(7-10-19)13-25-28-23(15-35-25)22-14-21-20-5-3-2-4-18(20)8-11-24(21)33-27(22)30/h2-12,14-15H,13H2,1H3. The Morgan fingerprint density at radius 1 is 0.944 bits per heavy atom. The highest BCUT2D eigenvalue weighted by Gasteiger charge is 2.22. The van der Waals surface area contributed by atoms with Crippen LogP contribution < -0.4 is 5.63 Å². The Kier molecular flexibility index (Phi) is 5.31. The number of fused-ring (bicyclic) bond motifs is 3. The van der Waals surface area contributed by atoms with Crippen molar-refractivity contribution in [2.45, 2.75) is 23.3 Å². The van der Waals surface area contributed by atoms with Crippen LogP contribution in [0.1, 0.15) is 16.3 Å². The summed E-state index contributed by atoms with van der Waals surface area (Å²) in [6.45, 7) is 1.64. The van der Waals surface area contributed by atoms with Crippen molar-refractivity contribution in [1.82, 2.24) is 10.1 Å². The summed E-state index contributed by atoms with van der Waals surface area (Å²) in [7, 11) is -3.74. The van der Waals surface area contributed by atoms with Gasteiger partial charge in [-0.3, -0.25) is 0 Å². The van der Waals surface area contributed by atoms with E-state index in [1.165, 1.54) is 17.4 Å². The monoisotopic (exact) mass is 514 g/mol. The van der Waals surface area contributed by atoms with E-state index in [1.54, 1.807) is 31.2 Å². The number of rotatable bonds is 5. The molecule has 0 saturated heterocycles. The molecule has 0 fully saturated rings. The van der Waals surface area contributed by atoms with Gasteiger partial charge in [0.1, 0.15) is 11.3 Å². The maximum Gasteiger partial charge on any atom is 0.345 e. The number of hydrogen-bond donors (Lipinski definition) is 0. The van der Waals surface area contributed by atoms with E-state index in [4.69, 9.17) is 8.94 Å². The van der Waals surface area contributed by atoms with Gasteiger partial charge in [-0.15, -0.1) is 11.3 Å². The average molecular weight is 515 g/mol. The second-order valence-corrected chi connectivity index (χ2v) is 11.2. The van der Waals surface area contributed by atoms with Crippen LogP contribution in [-0.2, 0) is 16.3 Å². The first-order valence-electron chi connectivity index (χ1n) is 11.1. The van der Waals surface area contributed by atoms with Gasteiger partial charge in [0.05, 0.1) is 21.2 Å². The molecular formula is C27H18N2O5S2. The van der Waals surface area contributed by atoms with E-state index in [-0.39, 0.29) is 9.92 Å². The summed E-state index contributed by atoms with van der Waals surface area (Å²) in [5.74, 6) is 0.429. The third kappa shape index (κ3) is 3.92. The minimum Gasteiger partial charge on any atom is -0.422 e. The van der Waals surface area contributed by atoms with Crippen LogP contribution in [0.5, 0.6) is 0 Å². The average Bonchev–Trinajstić information content (AvgIpc) is 3.53. The summed E-state index contributed by atoms with van der Waals surface area (Å²) in [4.78, 5) is 17.5. The lowest BCUT2D eigenvalue weighted by molar-refractivity contribution is 0.381. The smallest absolute Gasteiger partial charge is 0.345 e. The van der Waals surface area contributed by atoms with Crippen LogP contribution in [0.4, 0.5) is 0 Å². The van der Waals surface area contributed by atoms with Gasteiger partial charge in [-0.05, 0) is 47.5 Å². The number of benzene rings is 3. The summed E-state index contributed by atoms with van der Waals surface area (Å²) in [6, 6.07) is 21.5. The predicted octanol–water partition coefficient (Wildman–Crippen LogP) is 5.79. The van der Waals surface area contributed by atoms with Gasteiger partial charge >= 0.3 is 5.63 Å². The van der Waals surface area contributed by atoms with E-state index < -0.39 is 15.5 Å². The third-order valence-electron chi connectivity index (χ3n) is 5.94. The molecule has 0 aliphatic rings. The molecule has 0 bridgehead atoms. The molecule has 3 aromatic heterocycles. The molecule has 3 heterocycles. The molecule has 0 atom stereocenters. The summed E-state index contributed by atoms with van der Waals surface area (Å²) in [5.41, 5.74) is 1.95. The molecule has 178 valence electrons. The summed E-state index contributed by atoms with van der Waals surface area (Å²) < 4.78 is 35.9. The van der Waals surface area contributed by atoms with Gasteiger partial charge in [0, 0.05) is 23.3 Å². The highest BCUT2D eigenvalue weighted by Crippen LogP contribution is 2.29. The quantitative estimate of drug-likeness (QED) is 0.212. The zero-order chi connectivity index (χ0) is 24.9. The van der Waals surface area contributed by atoms with Gasteiger partial charge < -0.3 is 8.94 Å². The van der Waals surface area contributed by atoms with Gasteiger partial charge in [-0.2, -0.15) is 0 Å². The molecule has 6 aromatic rings.